The zero-order chi connectivity index (χ0) is 40.1. The Morgan fingerprint density at radius 2 is 1.80 bits per heavy atom. The molecule has 1 aliphatic heterocycles. The average molecular weight is 796 g/mol. The molecule has 4 rings (SSSR count). The molecule has 0 radical (unpaired) electrons. The Morgan fingerprint density at radius 1 is 1.15 bits per heavy atom. The number of sulfonamides is 1. The van der Waals surface area contributed by atoms with E-state index in [9.17, 15) is 38.0 Å². The molecule has 3 aromatic rings. The van der Waals surface area contributed by atoms with Gasteiger partial charge in [0, 0.05) is 13.1 Å². The molecule has 21 heteroatoms. The lowest BCUT2D eigenvalue weighted by atomic mass is 9.92. The Balaban J connectivity index is 1.51. The van der Waals surface area contributed by atoms with Crippen LogP contribution in [0.2, 0.25) is 0 Å². The summed E-state index contributed by atoms with van der Waals surface area (Å²) in [5.41, 5.74) is 2.25. The summed E-state index contributed by atoms with van der Waals surface area (Å²) >= 11 is 0. The number of nitrogens with zero attached hydrogens (tertiary/aromatic N) is 5. The van der Waals surface area contributed by atoms with Crippen molar-refractivity contribution in [2.75, 3.05) is 32.2 Å². The maximum Gasteiger partial charge on any atom is 0.409 e. The maximum atomic E-state index is 14.2. The van der Waals surface area contributed by atoms with Crippen LogP contribution in [-0.2, 0) is 48.2 Å². The number of nitrogens with two attached hydrogens (primary N) is 1. The van der Waals surface area contributed by atoms with Gasteiger partial charge in [0.15, 0.2) is 5.82 Å². The lowest BCUT2D eigenvalue weighted by Crippen LogP contribution is -2.47. The van der Waals surface area contributed by atoms with Crippen LogP contribution < -0.4 is 10.8 Å². The zero-order valence-corrected chi connectivity index (χ0v) is 32.5. The number of aliphatic hydroxyl groups excluding tert-OH is 2. The van der Waals surface area contributed by atoms with Crippen LogP contribution in [-0.4, -0.2) is 106 Å². The molecule has 0 saturated carbocycles. The number of hydrogen-bond donors (Lipinski definition) is 4. The third-order valence-electron chi connectivity index (χ3n) is 8.25. The normalized spacial score (nSPS) is 21.6. The first-order valence-corrected chi connectivity index (χ1v) is 20.0. The lowest BCUT2D eigenvalue weighted by molar-refractivity contribution is -0.153. The molecular formula is C33H46N7O12PS. The summed E-state index contributed by atoms with van der Waals surface area (Å²) in [7, 11) is -8.51. The van der Waals surface area contributed by atoms with E-state index in [1.807, 2.05) is 19.9 Å². The molecular weight excluding hydrogens is 749 g/mol. The van der Waals surface area contributed by atoms with Gasteiger partial charge in [-0.25, -0.2) is 32.4 Å². The van der Waals surface area contributed by atoms with Gasteiger partial charge >= 0.3 is 19.7 Å². The topological polar surface area (TPSA) is 267 Å². The van der Waals surface area contributed by atoms with Crippen LogP contribution in [0.4, 0.5) is 5.82 Å². The number of nitrogens with one attached hydrogen (secondary N) is 1. The van der Waals surface area contributed by atoms with Crippen molar-refractivity contribution in [2.45, 2.75) is 94.8 Å². The molecule has 1 aliphatic rings. The summed E-state index contributed by atoms with van der Waals surface area (Å²) in [5, 5.41) is 38.8. The quantitative estimate of drug-likeness (QED) is 0.0817. The van der Waals surface area contributed by atoms with Gasteiger partial charge in [0.1, 0.15) is 41.8 Å². The molecule has 19 nitrogen and oxygen atoms in total. The smallest absolute Gasteiger partial charge is 0.409 e. The molecule has 1 fully saturated rings. The third kappa shape index (κ3) is 9.08. The standard InChI is InChI=1S/C33H46N7O12PS/c1-7-15-39(16-8-2)54(46,47)23-11-9-22(10-12-23)30(43)48-20-50-53(45,38-32(5,6)31(44)51-21(3)4)49-17-25-27(41)28(42)33(18-34,52-25)26-14-13-24-29(35)36-19-37-40(24)26/h9-14,19,21,25,27-28,41-42H,7-8,15-17,20H2,1-6H3,(H,38,45)(H2,35,36,37)/t25-,27-,28-,33+,53?/m1/s1. The monoisotopic (exact) mass is 795 g/mol. The van der Waals surface area contributed by atoms with Crippen molar-refractivity contribution in [3.8, 4) is 6.07 Å². The van der Waals surface area contributed by atoms with E-state index in [0.29, 0.717) is 31.4 Å². The first-order chi connectivity index (χ1) is 25.4. The van der Waals surface area contributed by atoms with E-state index >= 15 is 0 Å². The fourth-order valence-electron chi connectivity index (χ4n) is 5.57. The Morgan fingerprint density at radius 3 is 2.39 bits per heavy atom. The van der Waals surface area contributed by atoms with Crippen molar-refractivity contribution in [1.29, 1.82) is 5.26 Å². The Hall–Kier alpha value is -4.03. The van der Waals surface area contributed by atoms with Gasteiger partial charge in [0.2, 0.25) is 22.4 Å². The number of aliphatic hydroxyl groups is 2. The first kappa shape index (κ1) is 42.7. The van der Waals surface area contributed by atoms with Crippen molar-refractivity contribution in [2.24, 2.45) is 0 Å². The summed E-state index contributed by atoms with van der Waals surface area (Å²) in [6.45, 7) is 8.51. The molecule has 0 spiro atoms. The summed E-state index contributed by atoms with van der Waals surface area (Å²) < 4.78 is 70.2. The molecule has 54 heavy (non-hydrogen) atoms. The molecule has 5 atom stereocenters. The number of rotatable bonds is 18. The molecule has 3 heterocycles. The minimum atomic E-state index is -4.71. The number of aromatic nitrogens is 3. The number of nitriles is 1. The molecule has 5 N–H and O–H groups in total. The highest BCUT2D eigenvalue weighted by Gasteiger charge is 2.58. The van der Waals surface area contributed by atoms with E-state index in [0.717, 1.165) is 6.33 Å². The van der Waals surface area contributed by atoms with Gasteiger partial charge in [0.05, 0.1) is 28.9 Å². The maximum absolute atomic E-state index is 14.2. The Labute approximate surface area is 312 Å². The largest absolute Gasteiger partial charge is 0.462 e. The SMILES string of the molecule is CCCN(CCC)S(=O)(=O)c1ccc(C(=O)OCOP(=O)(NC(C)(C)C(=O)OC(C)C)OC[C@H]2O[C@@](C#N)(c3ccc4c(N)ncnn34)[C@H](O)[C@@H]2O)cc1. The van der Waals surface area contributed by atoms with Crippen LogP contribution in [0.25, 0.3) is 5.52 Å². The minimum absolute atomic E-state index is 0.00932. The average Bonchev–Trinajstić information content (AvgIpc) is 3.66. The molecule has 0 bridgehead atoms. The Kier molecular flexibility index (Phi) is 13.6. The lowest BCUT2D eigenvalue weighted by Gasteiger charge is -2.30. The van der Waals surface area contributed by atoms with Crippen molar-refractivity contribution >= 4 is 41.0 Å². The van der Waals surface area contributed by atoms with Crippen LogP contribution in [0.3, 0.4) is 0 Å². The molecule has 1 aromatic carbocycles. The fraction of sp³-hybridized carbons (Fsp3) is 0.545. The molecule has 2 aromatic heterocycles. The molecule has 1 saturated heterocycles. The number of carbonyl (C=O) groups excluding carboxylic acids is 2. The molecule has 296 valence electrons. The number of anilines is 1. The number of nitrogen functional groups attached to an aromatic ring is 1. The number of hydrogen-bond acceptors (Lipinski definition) is 16. The van der Waals surface area contributed by atoms with E-state index in [1.54, 1.807) is 13.8 Å². The van der Waals surface area contributed by atoms with Crippen LogP contribution in [0.5, 0.6) is 0 Å². The van der Waals surface area contributed by atoms with Crippen LogP contribution >= 0.6 is 7.75 Å². The van der Waals surface area contributed by atoms with E-state index in [4.69, 9.17) is 29.0 Å². The summed E-state index contributed by atoms with van der Waals surface area (Å²) in [4.78, 5) is 29.7. The van der Waals surface area contributed by atoms with E-state index < -0.39 is 78.7 Å². The predicted octanol–water partition coefficient (Wildman–Crippen LogP) is 2.24. The summed E-state index contributed by atoms with van der Waals surface area (Å²) in [6.07, 6.45) is -3.31. The zero-order valence-electron chi connectivity index (χ0n) is 30.7. The minimum Gasteiger partial charge on any atom is -0.462 e. The third-order valence-corrected chi connectivity index (χ3v) is 11.9. The van der Waals surface area contributed by atoms with Gasteiger partial charge in [-0.15, -0.1) is 0 Å². The van der Waals surface area contributed by atoms with Crippen LogP contribution in [0, 0.1) is 11.3 Å². The van der Waals surface area contributed by atoms with Gasteiger partial charge in [-0.05, 0) is 76.9 Å². The van der Waals surface area contributed by atoms with Crippen LogP contribution in [0.15, 0.2) is 47.6 Å². The number of ether oxygens (including phenoxy) is 3. The summed E-state index contributed by atoms with van der Waals surface area (Å²) in [5.74, 6) is -1.74. The number of fused-ring (bicyclic) bond motifs is 1. The first-order valence-electron chi connectivity index (χ1n) is 17.1. The summed E-state index contributed by atoms with van der Waals surface area (Å²) in [6, 6.07) is 9.83. The van der Waals surface area contributed by atoms with Gasteiger partial charge < -0.3 is 30.2 Å². The number of esters is 2. The second-order valence-electron chi connectivity index (χ2n) is 13.2. The number of carbonyl (C=O) groups is 2. The highest BCUT2D eigenvalue weighted by Crippen LogP contribution is 2.48. The van der Waals surface area contributed by atoms with Crippen molar-refractivity contribution in [1.82, 2.24) is 24.0 Å². The molecule has 0 amide bonds. The highest BCUT2D eigenvalue weighted by molar-refractivity contribution is 7.89. The van der Waals surface area contributed by atoms with Crippen molar-refractivity contribution < 1.29 is 56.0 Å². The highest BCUT2D eigenvalue weighted by atomic mass is 32.2. The predicted molar refractivity (Wildman–Crippen MR) is 191 cm³/mol. The van der Waals surface area contributed by atoms with E-state index in [-0.39, 0.29) is 22.0 Å². The van der Waals surface area contributed by atoms with Crippen molar-refractivity contribution in [3.05, 3.63) is 54.0 Å². The Bertz CT molecular complexity index is 2000. The van der Waals surface area contributed by atoms with E-state index in [1.165, 1.54) is 59.1 Å². The van der Waals surface area contributed by atoms with Gasteiger partial charge in [-0.1, -0.05) is 13.8 Å². The second-order valence-corrected chi connectivity index (χ2v) is 16.9. The van der Waals surface area contributed by atoms with Gasteiger partial charge in [0.25, 0.3) is 0 Å². The van der Waals surface area contributed by atoms with E-state index in [2.05, 4.69) is 15.2 Å². The second kappa shape index (κ2) is 17.2. The van der Waals surface area contributed by atoms with Crippen LogP contribution in [0.1, 0.15) is 70.4 Å². The number of benzene rings is 1. The molecule has 1 unspecified atom stereocenters. The van der Waals surface area contributed by atoms with Gasteiger partial charge in [-0.3, -0.25) is 13.8 Å². The van der Waals surface area contributed by atoms with Crippen molar-refractivity contribution in [3.63, 3.8) is 0 Å². The molecule has 0 aliphatic carbocycles. The van der Waals surface area contributed by atoms with Gasteiger partial charge in [-0.2, -0.15) is 14.7 Å². The fourth-order valence-corrected chi connectivity index (χ4v) is 8.71.